The molecule has 1 saturated heterocycles. The van der Waals surface area contributed by atoms with Crippen LogP contribution in [0.3, 0.4) is 0 Å². The molecule has 14 heteroatoms. The highest BCUT2D eigenvalue weighted by Gasteiger charge is 2.35. The molecule has 2 atom stereocenters. The van der Waals surface area contributed by atoms with Gasteiger partial charge >= 0.3 is 0 Å². The molecule has 0 unspecified atom stereocenters. The lowest BCUT2D eigenvalue weighted by atomic mass is 10.0. The minimum absolute atomic E-state index is 0.0242. The van der Waals surface area contributed by atoms with Crippen molar-refractivity contribution in [1.29, 1.82) is 0 Å². The van der Waals surface area contributed by atoms with Crippen LogP contribution in [0.5, 0.6) is 11.5 Å². The number of hydrogen-bond acceptors (Lipinski definition) is 10. The monoisotopic (exact) mass is 566 g/mol. The van der Waals surface area contributed by atoms with Crippen molar-refractivity contribution in [3.05, 3.63) is 47.8 Å². The maximum Gasteiger partial charge on any atom is 0.243 e. The van der Waals surface area contributed by atoms with Crippen LogP contribution in [-0.2, 0) is 10.0 Å². The second-order valence-corrected chi connectivity index (χ2v) is 13.9. The summed E-state index contributed by atoms with van der Waals surface area (Å²) in [7, 11) is -3.60. The Hall–Kier alpha value is -2.94. The van der Waals surface area contributed by atoms with Crippen molar-refractivity contribution >= 4 is 26.6 Å². The molecule has 0 radical (unpaired) electrons. The van der Waals surface area contributed by atoms with E-state index in [9.17, 15) is 17.5 Å². The van der Waals surface area contributed by atoms with Crippen LogP contribution in [0.1, 0.15) is 55.7 Å². The zero-order valence-electron chi connectivity index (χ0n) is 22.0. The number of para-hydroxylation sites is 1. The summed E-state index contributed by atoms with van der Waals surface area (Å²) in [6.45, 7) is 5.21. The van der Waals surface area contributed by atoms with Crippen molar-refractivity contribution in [3.63, 3.8) is 0 Å². The molecule has 0 amide bonds. The van der Waals surface area contributed by atoms with Gasteiger partial charge in [-0.1, -0.05) is 13.0 Å². The third-order valence-electron chi connectivity index (χ3n) is 6.90. The molecule has 2 aromatic heterocycles. The number of hydrogen-bond donors (Lipinski definition) is 3. The van der Waals surface area contributed by atoms with E-state index in [1.807, 2.05) is 6.92 Å². The summed E-state index contributed by atoms with van der Waals surface area (Å²) in [5.74, 6) is 1.51. The van der Waals surface area contributed by atoms with Crippen LogP contribution in [0.4, 0.5) is 5.95 Å². The molecule has 38 heavy (non-hydrogen) atoms. The van der Waals surface area contributed by atoms with Gasteiger partial charge in [-0.05, 0) is 44.4 Å². The maximum absolute atomic E-state index is 13.6. The van der Waals surface area contributed by atoms with E-state index >= 15 is 0 Å². The number of aromatic nitrogens is 5. The largest absolute Gasteiger partial charge is 0.494 e. The number of anilines is 1. The number of sulfonamides is 1. The van der Waals surface area contributed by atoms with Gasteiger partial charge in [-0.15, -0.1) is 10.2 Å². The van der Waals surface area contributed by atoms with Crippen LogP contribution in [-0.4, -0.2) is 73.2 Å². The fourth-order valence-corrected chi connectivity index (χ4v) is 7.16. The summed E-state index contributed by atoms with van der Waals surface area (Å²) >= 11 is 0. The van der Waals surface area contributed by atoms with E-state index < -0.39 is 31.8 Å². The first-order chi connectivity index (χ1) is 18.0. The van der Waals surface area contributed by atoms with Gasteiger partial charge in [0.25, 0.3) is 0 Å². The molecule has 3 heterocycles. The smallest absolute Gasteiger partial charge is 0.243 e. The Morgan fingerprint density at radius 1 is 1.05 bits per heavy atom. The van der Waals surface area contributed by atoms with Crippen LogP contribution in [0.2, 0.25) is 0 Å². The van der Waals surface area contributed by atoms with Crippen molar-refractivity contribution < 1.29 is 27.0 Å². The van der Waals surface area contributed by atoms with E-state index in [0.717, 1.165) is 5.56 Å². The topological polar surface area (TPSA) is 162 Å². The molecule has 1 aliphatic heterocycles. The van der Waals surface area contributed by atoms with E-state index in [4.69, 9.17) is 9.47 Å². The summed E-state index contributed by atoms with van der Waals surface area (Å²) in [5, 5.41) is 7.69. The lowest BCUT2D eigenvalue weighted by molar-refractivity contribution is 0.389. The minimum Gasteiger partial charge on any atom is -0.494 e. The Morgan fingerprint density at radius 3 is 2.18 bits per heavy atom. The number of benzene rings is 1. The second-order valence-electron chi connectivity index (χ2n) is 9.47. The third kappa shape index (κ3) is 5.72. The summed E-state index contributed by atoms with van der Waals surface area (Å²) in [5.41, 5.74) is 1.32. The third-order valence-corrected chi connectivity index (χ3v) is 10.5. The molecule has 1 aromatic carbocycles. The van der Waals surface area contributed by atoms with Gasteiger partial charge in [0.05, 0.1) is 19.5 Å². The zero-order valence-corrected chi connectivity index (χ0v) is 23.7. The van der Waals surface area contributed by atoms with Crippen molar-refractivity contribution in [3.8, 4) is 17.2 Å². The molecule has 0 spiro atoms. The van der Waals surface area contributed by atoms with E-state index in [-0.39, 0.29) is 23.4 Å². The molecule has 0 aliphatic carbocycles. The van der Waals surface area contributed by atoms with Crippen molar-refractivity contribution in [2.24, 2.45) is 0 Å². The van der Waals surface area contributed by atoms with E-state index in [2.05, 4.69) is 24.9 Å². The first-order valence-electron chi connectivity index (χ1n) is 12.2. The van der Waals surface area contributed by atoms with Gasteiger partial charge in [-0.25, -0.2) is 18.4 Å². The van der Waals surface area contributed by atoms with E-state index in [0.29, 0.717) is 41.7 Å². The average molecular weight is 567 g/mol. The first kappa shape index (κ1) is 28.1. The molecule has 4 rings (SSSR count). The lowest BCUT2D eigenvalue weighted by Gasteiger charge is -2.38. The van der Waals surface area contributed by atoms with Crippen molar-refractivity contribution in [1.82, 2.24) is 24.7 Å². The molecule has 208 valence electrons. The van der Waals surface area contributed by atoms with Gasteiger partial charge in [-0.2, -0.15) is 10.6 Å². The van der Waals surface area contributed by atoms with Crippen LogP contribution < -0.4 is 14.2 Å². The highest BCUT2D eigenvalue weighted by atomic mass is 32.3. The predicted octanol–water partition coefficient (Wildman–Crippen LogP) is 3.94. The number of ether oxygens (including phenoxy) is 2. The fourth-order valence-electron chi connectivity index (χ4n) is 4.40. The number of methoxy groups -OCH3 is 2. The molecule has 3 N–H and O–H groups in total. The Kier molecular flexibility index (Phi) is 8.16. The predicted molar refractivity (Wildman–Crippen MR) is 146 cm³/mol. The molecular weight excluding hydrogens is 532 g/mol. The summed E-state index contributed by atoms with van der Waals surface area (Å²) in [6, 6.07) is 5.23. The maximum atomic E-state index is 13.6. The molecular formula is C24H34N6O6S2. The van der Waals surface area contributed by atoms with Gasteiger partial charge in [-0.3, -0.25) is 18.4 Å². The number of nitrogens with one attached hydrogen (secondary N) is 1. The average Bonchev–Trinajstić information content (AvgIpc) is 3.29. The van der Waals surface area contributed by atoms with Crippen LogP contribution in [0.15, 0.2) is 30.6 Å². The van der Waals surface area contributed by atoms with Gasteiger partial charge in [0.2, 0.25) is 16.0 Å². The van der Waals surface area contributed by atoms with Crippen molar-refractivity contribution in [2.75, 3.05) is 30.4 Å². The molecule has 0 bridgehead atoms. The quantitative estimate of drug-likeness (QED) is 0.346. The van der Waals surface area contributed by atoms with Gasteiger partial charge in [0.15, 0.2) is 0 Å². The van der Waals surface area contributed by atoms with Gasteiger partial charge in [0.1, 0.15) is 28.8 Å². The fraction of sp³-hybridized carbons (Fsp3) is 0.500. The highest BCUT2D eigenvalue weighted by Crippen LogP contribution is 2.49. The van der Waals surface area contributed by atoms with Gasteiger partial charge < -0.3 is 9.47 Å². The van der Waals surface area contributed by atoms with Crippen LogP contribution >= 0.6 is 10.6 Å². The summed E-state index contributed by atoms with van der Waals surface area (Å²) in [6.07, 6.45) is 4.23. The van der Waals surface area contributed by atoms with Crippen LogP contribution in [0, 0.1) is 6.92 Å². The lowest BCUT2D eigenvalue weighted by Crippen LogP contribution is -2.31. The van der Waals surface area contributed by atoms with E-state index in [1.165, 1.54) is 14.2 Å². The molecule has 1 fully saturated rings. The van der Waals surface area contributed by atoms with Gasteiger partial charge in [0, 0.05) is 35.7 Å². The molecule has 1 aliphatic rings. The molecule has 12 nitrogen and oxygen atoms in total. The highest BCUT2D eigenvalue weighted by molar-refractivity contribution is 8.24. The van der Waals surface area contributed by atoms with Crippen molar-refractivity contribution in [2.45, 2.75) is 50.7 Å². The summed E-state index contributed by atoms with van der Waals surface area (Å²) in [4.78, 5) is 8.60. The Labute approximate surface area is 224 Å². The Bertz CT molecular complexity index is 1350. The molecule has 3 aromatic rings. The minimum atomic E-state index is -3.99. The SMILES string of the molecule is COc1cccc(OC)c1-n1c(NS(=O)(=O)[C@@H](C)[C@H](C)c2ncc(C)cn2)nnc1C1CCS(O)(O)CC1. The standard InChI is InChI=1S/C24H34N6O6S2/c1-15-13-25-22(26-14-15)16(2)17(3)38(33,34)29-24-28-27-23(18-9-11-37(31,32)12-10-18)30(24)21-19(35-4)7-6-8-20(21)36-5/h6-8,13-14,16-18,31-32H,9-12H2,1-5H3,(H,28,29)/t16-,17-/m0/s1. The number of aryl methyl sites for hydroxylation is 1. The normalized spacial score (nSPS) is 18.4. The second kappa shape index (κ2) is 11.0. The number of nitrogens with zero attached hydrogens (tertiary/aromatic N) is 5. The van der Waals surface area contributed by atoms with E-state index in [1.54, 1.807) is 49.0 Å². The van der Waals surface area contributed by atoms with Crippen LogP contribution in [0.25, 0.3) is 5.69 Å². The number of rotatable bonds is 9. The first-order valence-corrected chi connectivity index (χ1v) is 15.6. The zero-order chi connectivity index (χ0) is 27.7. The Morgan fingerprint density at radius 2 is 1.63 bits per heavy atom. The molecule has 0 saturated carbocycles. The summed E-state index contributed by atoms with van der Waals surface area (Å²) < 4.78 is 62.8. The Balaban J connectivity index is 1.76.